The Hall–Kier alpha value is -1.63. The van der Waals surface area contributed by atoms with Crippen LogP contribution in [0.15, 0.2) is 18.2 Å². The fourth-order valence-corrected chi connectivity index (χ4v) is 6.95. The highest BCUT2D eigenvalue weighted by molar-refractivity contribution is 7.81. The van der Waals surface area contributed by atoms with Crippen LogP contribution in [0.1, 0.15) is 76.8 Å². The highest BCUT2D eigenvalue weighted by Gasteiger charge is 2.56. The van der Waals surface area contributed by atoms with Gasteiger partial charge in [-0.15, -0.1) is 0 Å². The molecule has 5 atom stereocenters. The Balaban J connectivity index is 1.56. The van der Waals surface area contributed by atoms with Crippen molar-refractivity contribution in [2.24, 2.45) is 23.2 Å². The molecule has 3 aliphatic rings. The summed E-state index contributed by atoms with van der Waals surface area (Å²) in [7, 11) is -5.01. The second-order valence-electron chi connectivity index (χ2n) is 10.7. The second-order valence-corrected chi connectivity index (χ2v) is 11.6. The number of nitrogens with one attached hydrogen (secondary N) is 1. The Morgan fingerprint density at radius 1 is 1.20 bits per heavy atom. The number of hydrogen-bond acceptors (Lipinski definition) is 4. The first-order valence-corrected chi connectivity index (χ1v) is 12.3. The maximum Gasteiger partial charge on any atom is 0.488 e. The van der Waals surface area contributed by atoms with Gasteiger partial charge < -0.3 is 9.50 Å². The first-order valence-electron chi connectivity index (χ1n) is 11.0. The molecule has 4 rings (SSSR count). The van der Waals surface area contributed by atoms with Crippen LogP contribution in [-0.4, -0.2) is 19.9 Å². The van der Waals surface area contributed by atoms with Crippen molar-refractivity contribution in [2.45, 2.75) is 77.7 Å². The summed E-state index contributed by atoms with van der Waals surface area (Å²) in [5, 5.41) is 3.20. The number of halogens is 1. The molecule has 5 nitrogen and oxygen atoms in total. The van der Waals surface area contributed by atoms with Crippen LogP contribution in [0.5, 0.6) is 5.75 Å². The SMILES string of the molecule is CC(C)(C)NC(=O)[C@H]1CC[C@H]2[C@@H]3CCc4cc(OS(=O)(=O)F)ccc4[C@H]3CC[C@]12C. The zero-order chi connectivity index (χ0) is 21.9. The van der Waals surface area contributed by atoms with E-state index in [9.17, 15) is 17.1 Å². The molecule has 1 N–H and O–H groups in total. The molecule has 1 amide bonds. The van der Waals surface area contributed by atoms with Crippen LogP contribution >= 0.6 is 0 Å². The largest absolute Gasteiger partial charge is 0.488 e. The van der Waals surface area contributed by atoms with Gasteiger partial charge in [-0.05, 0) is 106 Å². The maximum absolute atomic E-state index is 13.0. The van der Waals surface area contributed by atoms with E-state index in [1.807, 2.05) is 26.8 Å². The zero-order valence-electron chi connectivity index (χ0n) is 18.2. The number of hydrogen-bond donors (Lipinski definition) is 1. The van der Waals surface area contributed by atoms with E-state index in [0.29, 0.717) is 17.8 Å². The molecule has 30 heavy (non-hydrogen) atoms. The number of carbonyl (C=O) groups excluding carboxylic acids is 1. The third-order valence-electron chi connectivity index (χ3n) is 7.71. The molecule has 2 saturated carbocycles. The average molecular weight is 438 g/mol. The summed E-state index contributed by atoms with van der Waals surface area (Å²) in [5.74, 6) is 1.75. The highest BCUT2D eigenvalue weighted by Crippen LogP contribution is 2.63. The van der Waals surface area contributed by atoms with Crippen LogP contribution < -0.4 is 9.50 Å². The maximum atomic E-state index is 13.0. The number of carbonyl (C=O) groups is 1. The minimum absolute atomic E-state index is 0.0271. The Labute approximate surface area is 179 Å². The van der Waals surface area contributed by atoms with Gasteiger partial charge in [0.1, 0.15) is 5.75 Å². The molecule has 166 valence electrons. The molecule has 0 unspecified atom stereocenters. The van der Waals surface area contributed by atoms with Gasteiger partial charge in [-0.1, -0.05) is 16.9 Å². The Kier molecular flexibility index (Phi) is 5.19. The van der Waals surface area contributed by atoms with Gasteiger partial charge in [0.05, 0.1) is 0 Å². The summed E-state index contributed by atoms with van der Waals surface area (Å²) < 4.78 is 38.9. The molecular weight excluding hydrogens is 405 g/mol. The van der Waals surface area contributed by atoms with E-state index >= 15 is 0 Å². The minimum Gasteiger partial charge on any atom is -0.358 e. The molecular formula is C23H32FNO4S. The van der Waals surface area contributed by atoms with E-state index in [1.165, 1.54) is 5.56 Å². The quantitative estimate of drug-likeness (QED) is 0.698. The summed E-state index contributed by atoms with van der Waals surface area (Å²) in [5.41, 5.74) is 2.10. The van der Waals surface area contributed by atoms with Gasteiger partial charge in [0.2, 0.25) is 5.91 Å². The molecule has 0 radical (unpaired) electrons. The lowest BCUT2D eigenvalue weighted by Gasteiger charge is -2.50. The van der Waals surface area contributed by atoms with E-state index in [2.05, 4.69) is 16.4 Å². The molecule has 0 bridgehead atoms. The molecule has 0 spiro atoms. The first-order chi connectivity index (χ1) is 13.9. The monoisotopic (exact) mass is 437 g/mol. The smallest absolute Gasteiger partial charge is 0.358 e. The lowest BCUT2D eigenvalue weighted by atomic mass is 9.54. The lowest BCUT2D eigenvalue weighted by molar-refractivity contribution is -0.131. The summed E-state index contributed by atoms with van der Waals surface area (Å²) >= 11 is 0. The van der Waals surface area contributed by atoms with Gasteiger partial charge in [0.15, 0.2) is 0 Å². The second kappa shape index (κ2) is 7.21. The Morgan fingerprint density at radius 3 is 2.60 bits per heavy atom. The van der Waals surface area contributed by atoms with Crippen LogP contribution in [-0.2, 0) is 21.7 Å². The van der Waals surface area contributed by atoms with Crippen LogP contribution in [0.25, 0.3) is 0 Å². The van der Waals surface area contributed by atoms with Gasteiger partial charge in [-0.2, -0.15) is 8.42 Å². The van der Waals surface area contributed by atoms with Gasteiger partial charge in [0.25, 0.3) is 0 Å². The molecule has 0 aliphatic heterocycles. The van der Waals surface area contributed by atoms with Crippen molar-refractivity contribution in [3.05, 3.63) is 29.3 Å². The van der Waals surface area contributed by atoms with E-state index < -0.39 is 10.5 Å². The van der Waals surface area contributed by atoms with Crippen LogP contribution in [0.4, 0.5) is 3.89 Å². The Morgan fingerprint density at radius 2 is 1.93 bits per heavy atom. The van der Waals surface area contributed by atoms with Crippen molar-refractivity contribution in [1.82, 2.24) is 5.32 Å². The topological polar surface area (TPSA) is 72.5 Å². The predicted molar refractivity (Wildman–Crippen MR) is 113 cm³/mol. The van der Waals surface area contributed by atoms with Crippen molar-refractivity contribution in [2.75, 3.05) is 0 Å². The molecule has 1 aromatic rings. The summed E-state index contributed by atoms with van der Waals surface area (Å²) in [6.07, 6.45) is 5.89. The molecule has 2 fully saturated rings. The van der Waals surface area contributed by atoms with Crippen molar-refractivity contribution in [3.8, 4) is 5.75 Å². The fourth-order valence-electron chi connectivity index (χ4n) is 6.61. The van der Waals surface area contributed by atoms with E-state index in [1.54, 1.807) is 12.1 Å². The highest BCUT2D eigenvalue weighted by atomic mass is 32.3. The van der Waals surface area contributed by atoms with Gasteiger partial charge >= 0.3 is 10.5 Å². The first kappa shape index (κ1) is 21.6. The van der Waals surface area contributed by atoms with Crippen molar-refractivity contribution < 1.29 is 21.3 Å². The zero-order valence-corrected chi connectivity index (χ0v) is 19.0. The number of benzene rings is 1. The molecule has 3 aliphatic carbocycles. The Bertz CT molecular complexity index is 954. The van der Waals surface area contributed by atoms with E-state index in [4.69, 9.17) is 0 Å². The fraction of sp³-hybridized carbons (Fsp3) is 0.696. The molecule has 7 heteroatoms. The summed E-state index contributed by atoms with van der Waals surface area (Å²) in [6, 6.07) is 5.14. The number of fused-ring (bicyclic) bond motifs is 5. The van der Waals surface area contributed by atoms with Crippen LogP contribution in [0.3, 0.4) is 0 Å². The summed E-state index contributed by atoms with van der Waals surface area (Å²) in [4.78, 5) is 13.0. The molecule has 1 aromatic carbocycles. The molecule has 0 aromatic heterocycles. The third-order valence-corrected chi connectivity index (χ3v) is 8.10. The van der Waals surface area contributed by atoms with E-state index in [0.717, 1.165) is 44.1 Å². The van der Waals surface area contributed by atoms with Gasteiger partial charge in [-0.25, -0.2) is 0 Å². The van der Waals surface area contributed by atoms with Gasteiger partial charge in [0, 0.05) is 11.5 Å². The third kappa shape index (κ3) is 3.97. The lowest BCUT2D eigenvalue weighted by Crippen LogP contribution is -2.50. The molecule has 0 saturated heterocycles. The summed E-state index contributed by atoms with van der Waals surface area (Å²) in [6.45, 7) is 8.40. The van der Waals surface area contributed by atoms with Gasteiger partial charge in [-0.3, -0.25) is 4.79 Å². The number of amides is 1. The van der Waals surface area contributed by atoms with Crippen molar-refractivity contribution in [1.29, 1.82) is 0 Å². The minimum atomic E-state index is -5.01. The average Bonchev–Trinajstić information content (AvgIpc) is 2.96. The normalized spacial score (nSPS) is 33.2. The van der Waals surface area contributed by atoms with Crippen molar-refractivity contribution >= 4 is 16.4 Å². The van der Waals surface area contributed by atoms with Crippen LogP contribution in [0.2, 0.25) is 0 Å². The number of rotatable bonds is 3. The standard InChI is InChI=1S/C23H32FNO4S/c1-22(2,3)25-21(26)20-10-9-19-18-7-5-14-13-15(29-30(24,27)28)6-8-16(14)17(18)11-12-23(19,20)4/h6,8,13,17-20H,5,7,9-12H2,1-4H3,(H,25,26)/t17-,18-,19+,20-,23+/m1/s1. The van der Waals surface area contributed by atoms with E-state index in [-0.39, 0.29) is 28.5 Å². The predicted octanol–water partition coefficient (Wildman–Crippen LogP) is 4.67. The number of aryl methyl sites for hydroxylation is 1. The van der Waals surface area contributed by atoms with Crippen LogP contribution in [0, 0.1) is 23.2 Å². The molecule has 0 heterocycles. The van der Waals surface area contributed by atoms with Crippen molar-refractivity contribution in [3.63, 3.8) is 0 Å².